The van der Waals surface area contributed by atoms with Crippen LogP contribution in [0.4, 0.5) is 9.18 Å². The van der Waals surface area contributed by atoms with E-state index >= 15 is 0 Å². The molecular weight excluding hydrogens is 473 g/mol. The Morgan fingerprint density at radius 2 is 1.97 bits per heavy atom. The summed E-state index contributed by atoms with van der Waals surface area (Å²) in [5.41, 5.74) is 0.941. The minimum Gasteiger partial charge on any atom is -0.461 e. The maximum absolute atomic E-state index is 13.3. The maximum atomic E-state index is 13.3. The molecule has 1 aromatic carbocycles. The van der Waals surface area contributed by atoms with Crippen LogP contribution in [0.25, 0.3) is 11.3 Å². The van der Waals surface area contributed by atoms with Gasteiger partial charge in [0.1, 0.15) is 22.9 Å². The molecule has 1 aliphatic heterocycles. The van der Waals surface area contributed by atoms with Crippen LogP contribution in [-0.2, 0) is 9.47 Å². The standard InChI is InChI=1S/C25H28FN3O5S/c1-5-32-23(30)20-14-35-22(27-20)17-10-11-29(24(31)33-25(2,3)4)13-18(17)21-12-19(28-34-21)15-6-8-16(26)9-7-15/h6-9,12,14,17-18H,5,10-11,13H2,1-4H3. The number of ether oxygens (including phenoxy) is 2. The molecule has 0 saturated carbocycles. The second-order valence-electron chi connectivity index (χ2n) is 9.34. The Morgan fingerprint density at radius 1 is 1.23 bits per heavy atom. The molecule has 1 fully saturated rings. The van der Waals surface area contributed by atoms with Crippen molar-refractivity contribution in [3.05, 3.63) is 58.0 Å². The number of benzene rings is 1. The van der Waals surface area contributed by atoms with Crippen molar-refractivity contribution in [3.8, 4) is 11.3 Å². The first-order valence-corrected chi connectivity index (χ1v) is 12.4. The van der Waals surface area contributed by atoms with Gasteiger partial charge in [0.05, 0.1) is 11.6 Å². The molecule has 1 aliphatic rings. The average molecular weight is 502 g/mol. The number of carbonyl (C=O) groups is 2. The van der Waals surface area contributed by atoms with Gasteiger partial charge in [-0.1, -0.05) is 5.16 Å². The summed E-state index contributed by atoms with van der Waals surface area (Å²) >= 11 is 1.38. The molecule has 2 atom stereocenters. The minimum absolute atomic E-state index is 0.101. The molecule has 0 aliphatic carbocycles. The predicted molar refractivity (Wildman–Crippen MR) is 128 cm³/mol. The van der Waals surface area contributed by atoms with Crippen LogP contribution < -0.4 is 0 Å². The van der Waals surface area contributed by atoms with Crippen LogP contribution in [0.2, 0.25) is 0 Å². The third kappa shape index (κ3) is 5.87. The van der Waals surface area contributed by atoms with Crippen molar-refractivity contribution < 1.29 is 28.0 Å². The Balaban J connectivity index is 1.63. The van der Waals surface area contributed by atoms with Crippen LogP contribution in [0.15, 0.2) is 40.2 Å². The summed E-state index contributed by atoms with van der Waals surface area (Å²) in [4.78, 5) is 31.2. The predicted octanol–water partition coefficient (Wildman–Crippen LogP) is 5.62. The lowest BCUT2D eigenvalue weighted by molar-refractivity contribution is 0.0174. The summed E-state index contributed by atoms with van der Waals surface area (Å²) in [6, 6.07) is 7.81. The van der Waals surface area contributed by atoms with Crippen molar-refractivity contribution in [2.24, 2.45) is 0 Å². The van der Waals surface area contributed by atoms with Gasteiger partial charge in [-0.3, -0.25) is 0 Å². The van der Waals surface area contributed by atoms with Gasteiger partial charge in [0.2, 0.25) is 0 Å². The molecule has 2 unspecified atom stereocenters. The summed E-state index contributed by atoms with van der Waals surface area (Å²) < 4.78 is 29.7. The molecule has 35 heavy (non-hydrogen) atoms. The number of rotatable bonds is 5. The number of hydrogen-bond donors (Lipinski definition) is 0. The van der Waals surface area contributed by atoms with Crippen molar-refractivity contribution >= 4 is 23.4 Å². The smallest absolute Gasteiger partial charge is 0.410 e. The van der Waals surface area contributed by atoms with E-state index in [1.165, 1.54) is 23.5 Å². The van der Waals surface area contributed by atoms with E-state index in [9.17, 15) is 14.0 Å². The number of piperidine rings is 1. The van der Waals surface area contributed by atoms with Crippen molar-refractivity contribution in [3.63, 3.8) is 0 Å². The Hall–Kier alpha value is -3.27. The molecule has 186 valence electrons. The van der Waals surface area contributed by atoms with Gasteiger partial charge in [0.15, 0.2) is 5.69 Å². The highest BCUT2D eigenvalue weighted by Crippen LogP contribution is 2.42. The monoisotopic (exact) mass is 501 g/mol. The molecule has 0 bridgehead atoms. The number of aromatic nitrogens is 2. The molecule has 4 rings (SSSR count). The third-order valence-corrected chi connectivity index (χ3v) is 6.60. The van der Waals surface area contributed by atoms with E-state index in [1.807, 2.05) is 26.8 Å². The van der Waals surface area contributed by atoms with Crippen molar-refractivity contribution in [1.29, 1.82) is 0 Å². The first kappa shape index (κ1) is 24.8. The second-order valence-corrected chi connectivity index (χ2v) is 10.2. The lowest BCUT2D eigenvalue weighted by Crippen LogP contribution is -2.44. The molecular formula is C25H28FN3O5S. The van der Waals surface area contributed by atoms with Gasteiger partial charge in [0.25, 0.3) is 0 Å². The summed E-state index contributed by atoms with van der Waals surface area (Å²) in [7, 11) is 0. The van der Waals surface area contributed by atoms with Crippen molar-refractivity contribution in [1.82, 2.24) is 15.0 Å². The molecule has 10 heteroatoms. The van der Waals surface area contributed by atoms with E-state index in [0.29, 0.717) is 31.0 Å². The molecule has 1 amide bonds. The van der Waals surface area contributed by atoms with Gasteiger partial charge < -0.3 is 18.9 Å². The van der Waals surface area contributed by atoms with Crippen LogP contribution in [0.3, 0.4) is 0 Å². The van der Waals surface area contributed by atoms with Crippen LogP contribution in [-0.4, -0.2) is 52.4 Å². The van der Waals surface area contributed by atoms with E-state index in [2.05, 4.69) is 10.1 Å². The summed E-state index contributed by atoms with van der Waals surface area (Å²) in [6.45, 7) is 8.31. The third-order valence-electron chi connectivity index (χ3n) is 5.62. The van der Waals surface area contributed by atoms with Gasteiger partial charge in [-0.2, -0.15) is 0 Å². The molecule has 2 aromatic heterocycles. The number of thiazole rings is 1. The molecule has 0 N–H and O–H groups in total. The van der Waals surface area contributed by atoms with Crippen LogP contribution in [0.5, 0.6) is 0 Å². The number of hydrogen-bond acceptors (Lipinski definition) is 8. The molecule has 0 radical (unpaired) electrons. The Kier molecular flexibility index (Phi) is 7.20. The SMILES string of the molecule is CCOC(=O)c1csc(C2CCN(C(=O)OC(C)(C)C)CC2c2cc(-c3ccc(F)cc3)no2)n1. The number of esters is 1. The first-order chi connectivity index (χ1) is 16.6. The topological polar surface area (TPSA) is 94.8 Å². The lowest BCUT2D eigenvalue weighted by Gasteiger charge is -2.37. The first-order valence-electron chi connectivity index (χ1n) is 11.5. The molecule has 8 nitrogen and oxygen atoms in total. The van der Waals surface area contributed by atoms with Gasteiger partial charge in [-0.05, 0) is 58.4 Å². The van der Waals surface area contributed by atoms with Gasteiger partial charge in [-0.15, -0.1) is 11.3 Å². The lowest BCUT2D eigenvalue weighted by atomic mass is 9.84. The second kappa shape index (κ2) is 10.2. The van der Waals surface area contributed by atoms with Gasteiger partial charge in [0, 0.05) is 41.9 Å². The molecule has 3 aromatic rings. The van der Waals surface area contributed by atoms with E-state index in [4.69, 9.17) is 14.0 Å². The molecule has 0 spiro atoms. The number of likely N-dealkylation sites (tertiary alicyclic amines) is 1. The average Bonchev–Trinajstić information content (AvgIpc) is 3.49. The number of carbonyl (C=O) groups excluding carboxylic acids is 2. The van der Waals surface area contributed by atoms with Crippen LogP contribution in [0.1, 0.15) is 67.2 Å². The quantitative estimate of drug-likeness (QED) is 0.419. The number of halogens is 1. The summed E-state index contributed by atoms with van der Waals surface area (Å²) in [6.07, 6.45) is 0.206. The summed E-state index contributed by atoms with van der Waals surface area (Å²) in [5.74, 6) is -0.583. The highest BCUT2D eigenvalue weighted by molar-refractivity contribution is 7.09. The Labute approximate surface area is 207 Å². The zero-order valence-electron chi connectivity index (χ0n) is 20.1. The Bertz CT molecular complexity index is 1180. The van der Waals surface area contributed by atoms with Crippen LogP contribution in [0, 0.1) is 5.82 Å². The van der Waals surface area contributed by atoms with E-state index in [1.54, 1.807) is 29.3 Å². The highest BCUT2D eigenvalue weighted by atomic mass is 32.1. The fraction of sp³-hybridized carbons (Fsp3) is 0.440. The number of amides is 1. The fourth-order valence-corrected chi connectivity index (χ4v) is 4.99. The van der Waals surface area contributed by atoms with E-state index in [0.717, 1.165) is 10.6 Å². The minimum atomic E-state index is -0.616. The highest BCUT2D eigenvalue weighted by Gasteiger charge is 2.39. The van der Waals surface area contributed by atoms with Crippen molar-refractivity contribution in [2.45, 2.75) is 51.6 Å². The van der Waals surface area contributed by atoms with E-state index < -0.39 is 17.7 Å². The van der Waals surface area contributed by atoms with Gasteiger partial charge >= 0.3 is 12.1 Å². The van der Waals surface area contributed by atoms with Crippen molar-refractivity contribution in [2.75, 3.05) is 19.7 Å². The zero-order chi connectivity index (χ0) is 25.2. The largest absolute Gasteiger partial charge is 0.461 e. The molecule has 3 heterocycles. The Morgan fingerprint density at radius 3 is 2.66 bits per heavy atom. The zero-order valence-corrected chi connectivity index (χ0v) is 20.9. The summed E-state index contributed by atoms with van der Waals surface area (Å²) in [5, 5.41) is 6.64. The maximum Gasteiger partial charge on any atom is 0.410 e. The van der Waals surface area contributed by atoms with Crippen LogP contribution >= 0.6 is 11.3 Å². The van der Waals surface area contributed by atoms with E-state index in [-0.39, 0.29) is 30.0 Å². The normalized spacial score (nSPS) is 18.4. The van der Waals surface area contributed by atoms with Gasteiger partial charge in [-0.25, -0.2) is 19.0 Å². The number of nitrogens with zero attached hydrogens (tertiary/aromatic N) is 3. The molecule has 1 saturated heterocycles. The fourth-order valence-electron chi connectivity index (χ4n) is 4.01.